The molecular formula is C17H32O2. The molecule has 0 saturated heterocycles. The van der Waals surface area contributed by atoms with E-state index < -0.39 is 0 Å². The van der Waals surface area contributed by atoms with Crippen LogP contribution in [0, 0.1) is 0 Å². The summed E-state index contributed by atoms with van der Waals surface area (Å²) in [6.07, 6.45) is 10.9. The minimum Gasteiger partial charge on any atom is -0.397 e. The molecule has 0 aliphatic heterocycles. The van der Waals surface area contributed by atoms with Gasteiger partial charge in [-0.25, -0.2) is 0 Å². The maximum absolute atomic E-state index is 8.72. The van der Waals surface area contributed by atoms with Crippen molar-refractivity contribution in [3.05, 3.63) is 34.9 Å². The molecule has 2 nitrogen and oxygen atoms in total. The van der Waals surface area contributed by atoms with Gasteiger partial charge in [-0.2, -0.15) is 0 Å². The van der Waals surface area contributed by atoms with Gasteiger partial charge < -0.3 is 10.2 Å². The molecule has 0 aromatic carbocycles. The summed E-state index contributed by atoms with van der Waals surface area (Å²) < 4.78 is 0. The fourth-order valence-corrected chi connectivity index (χ4v) is 1.49. The first kappa shape index (κ1) is 20.5. The maximum Gasteiger partial charge on any atom is 0.0614 e. The van der Waals surface area contributed by atoms with Gasteiger partial charge in [-0.1, -0.05) is 34.9 Å². The molecule has 0 aliphatic rings. The van der Waals surface area contributed by atoms with Crippen LogP contribution < -0.4 is 0 Å². The third-order valence-corrected chi connectivity index (χ3v) is 2.56. The van der Waals surface area contributed by atoms with E-state index in [0.717, 1.165) is 25.7 Å². The van der Waals surface area contributed by atoms with Crippen molar-refractivity contribution in [1.82, 2.24) is 0 Å². The summed E-state index contributed by atoms with van der Waals surface area (Å²) in [5.74, 6) is 0. The lowest BCUT2D eigenvalue weighted by Crippen LogP contribution is -1.82. The minimum absolute atomic E-state index is 0.162. The second-order valence-electron chi connectivity index (χ2n) is 4.96. The van der Waals surface area contributed by atoms with Crippen molar-refractivity contribution in [2.75, 3.05) is 13.2 Å². The van der Waals surface area contributed by atoms with Gasteiger partial charge in [0, 0.05) is 6.61 Å². The third-order valence-electron chi connectivity index (χ3n) is 2.56. The van der Waals surface area contributed by atoms with Gasteiger partial charge in [0.05, 0.1) is 6.61 Å². The summed E-state index contributed by atoms with van der Waals surface area (Å²) >= 11 is 0. The smallest absolute Gasteiger partial charge is 0.0614 e. The van der Waals surface area contributed by atoms with Gasteiger partial charge in [0.25, 0.3) is 0 Å². The monoisotopic (exact) mass is 268 g/mol. The molecule has 0 atom stereocenters. The number of allylic oxidation sites excluding steroid dienone is 5. The first-order valence-corrected chi connectivity index (χ1v) is 7.14. The van der Waals surface area contributed by atoms with E-state index in [-0.39, 0.29) is 13.2 Å². The molecule has 0 unspecified atom stereocenters. The van der Waals surface area contributed by atoms with E-state index in [1.165, 1.54) is 16.7 Å². The largest absolute Gasteiger partial charge is 0.397 e. The molecule has 112 valence electrons. The van der Waals surface area contributed by atoms with Gasteiger partial charge in [0.15, 0.2) is 0 Å². The third kappa shape index (κ3) is 19.7. The molecular weight excluding hydrogens is 236 g/mol. The molecule has 0 amide bonds. The first-order valence-electron chi connectivity index (χ1n) is 7.14. The van der Waals surface area contributed by atoms with Gasteiger partial charge >= 0.3 is 0 Å². The van der Waals surface area contributed by atoms with Crippen LogP contribution in [-0.4, -0.2) is 23.4 Å². The van der Waals surface area contributed by atoms with Crippen LogP contribution in [0.5, 0.6) is 0 Å². The highest BCUT2D eigenvalue weighted by atomic mass is 16.3. The van der Waals surface area contributed by atoms with Crippen LogP contribution in [-0.2, 0) is 0 Å². The van der Waals surface area contributed by atoms with Crippen LogP contribution in [0.25, 0.3) is 0 Å². The topological polar surface area (TPSA) is 40.5 Å². The van der Waals surface area contributed by atoms with E-state index in [1.807, 2.05) is 6.08 Å². The Morgan fingerprint density at radius 1 is 0.789 bits per heavy atom. The van der Waals surface area contributed by atoms with Crippen LogP contribution in [0.3, 0.4) is 0 Å². The van der Waals surface area contributed by atoms with Crippen molar-refractivity contribution >= 4 is 0 Å². The zero-order chi connectivity index (χ0) is 15.1. The molecule has 2 heteroatoms. The molecule has 0 spiro atoms. The highest BCUT2D eigenvalue weighted by Gasteiger charge is 1.91. The molecule has 2 N–H and O–H groups in total. The lowest BCUT2D eigenvalue weighted by atomic mass is 10.1. The number of hydrogen-bond acceptors (Lipinski definition) is 2. The highest BCUT2D eigenvalue weighted by molar-refractivity contribution is 5.05. The summed E-state index contributed by atoms with van der Waals surface area (Å²) in [4.78, 5) is 0. The number of hydrogen-bond donors (Lipinski definition) is 2. The molecule has 0 aromatic rings. The van der Waals surface area contributed by atoms with Gasteiger partial charge in [0.1, 0.15) is 0 Å². The Morgan fingerprint density at radius 2 is 1.21 bits per heavy atom. The lowest BCUT2D eigenvalue weighted by molar-refractivity contribution is 0.318. The van der Waals surface area contributed by atoms with E-state index in [2.05, 4.69) is 39.8 Å². The Labute approximate surface area is 119 Å². The number of aliphatic hydroxyl groups excluding tert-OH is 2. The molecule has 0 aliphatic carbocycles. The Bertz CT molecular complexity index is 282. The Morgan fingerprint density at radius 3 is 1.63 bits per heavy atom. The second-order valence-corrected chi connectivity index (χ2v) is 4.96. The average Bonchev–Trinajstić information content (AvgIpc) is 2.29. The Kier molecular flexibility index (Phi) is 16.4. The fourth-order valence-electron chi connectivity index (χ4n) is 1.49. The first-order chi connectivity index (χ1) is 8.97. The summed E-state index contributed by atoms with van der Waals surface area (Å²) in [5, 5.41) is 16.3. The van der Waals surface area contributed by atoms with Crippen LogP contribution >= 0.6 is 0 Å². The predicted molar refractivity (Wildman–Crippen MR) is 85.3 cm³/mol. The molecule has 0 aromatic heterocycles. The molecule has 0 rings (SSSR count). The van der Waals surface area contributed by atoms with Crippen molar-refractivity contribution in [2.45, 2.75) is 60.3 Å². The minimum atomic E-state index is 0.162. The zero-order valence-electron chi connectivity index (χ0n) is 13.4. The fraction of sp³-hybridized carbons (Fsp3) is 0.647. The average molecular weight is 268 g/mol. The Hall–Kier alpha value is -0.860. The van der Waals surface area contributed by atoms with Crippen molar-refractivity contribution in [1.29, 1.82) is 0 Å². The summed E-state index contributed by atoms with van der Waals surface area (Å²) in [7, 11) is 0. The van der Waals surface area contributed by atoms with Crippen molar-refractivity contribution in [3.8, 4) is 0 Å². The quantitative estimate of drug-likeness (QED) is 0.672. The van der Waals surface area contributed by atoms with Crippen molar-refractivity contribution in [2.24, 2.45) is 0 Å². The van der Waals surface area contributed by atoms with Gasteiger partial charge in [-0.15, -0.1) is 0 Å². The van der Waals surface area contributed by atoms with Crippen LogP contribution in [0.4, 0.5) is 0 Å². The Balaban J connectivity index is 0. The number of aliphatic hydroxyl groups is 2. The zero-order valence-corrected chi connectivity index (χ0v) is 13.4. The molecule has 0 radical (unpaired) electrons. The second kappa shape index (κ2) is 15.2. The van der Waals surface area contributed by atoms with Crippen LogP contribution in [0.1, 0.15) is 60.3 Å². The van der Waals surface area contributed by atoms with E-state index in [4.69, 9.17) is 10.2 Å². The molecule has 0 saturated carbocycles. The standard InChI is InChI=1S/C15H26O.C2H6O/c1-13(2)7-5-8-14(3)9-6-10-15(4)11-12-16;1-2-3/h7,9,11,16H,5-6,8,10,12H2,1-4H3;3H,2H2,1H3/b14-9+,15-11+;. The summed E-state index contributed by atoms with van der Waals surface area (Å²) in [5.41, 5.74) is 4.14. The number of rotatable bonds is 7. The van der Waals surface area contributed by atoms with Gasteiger partial charge in [-0.05, 0) is 60.3 Å². The van der Waals surface area contributed by atoms with E-state index in [0.29, 0.717) is 0 Å². The van der Waals surface area contributed by atoms with E-state index in [1.54, 1.807) is 6.92 Å². The van der Waals surface area contributed by atoms with E-state index in [9.17, 15) is 0 Å². The normalized spacial score (nSPS) is 11.7. The van der Waals surface area contributed by atoms with Gasteiger partial charge in [-0.3, -0.25) is 0 Å². The molecule has 0 heterocycles. The van der Waals surface area contributed by atoms with Crippen LogP contribution in [0.2, 0.25) is 0 Å². The maximum atomic E-state index is 8.72. The lowest BCUT2D eigenvalue weighted by Gasteiger charge is -2.00. The van der Waals surface area contributed by atoms with Gasteiger partial charge in [0.2, 0.25) is 0 Å². The van der Waals surface area contributed by atoms with Crippen molar-refractivity contribution < 1.29 is 10.2 Å². The van der Waals surface area contributed by atoms with Crippen LogP contribution in [0.15, 0.2) is 34.9 Å². The predicted octanol–water partition coefficient (Wildman–Crippen LogP) is 4.40. The molecule has 0 bridgehead atoms. The van der Waals surface area contributed by atoms with Crippen molar-refractivity contribution in [3.63, 3.8) is 0 Å². The SMILES string of the molecule is CC(C)=CCC/C(C)=C/CC/C(C)=C/CO.CCO. The van der Waals surface area contributed by atoms with E-state index >= 15 is 0 Å². The molecule has 0 fully saturated rings. The summed E-state index contributed by atoms with van der Waals surface area (Å²) in [6, 6.07) is 0. The summed E-state index contributed by atoms with van der Waals surface area (Å²) in [6.45, 7) is 10.6. The molecule has 19 heavy (non-hydrogen) atoms. The highest BCUT2D eigenvalue weighted by Crippen LogP contribution is 2.10.